The highest BCUT2D eigenvalue weighted by atomic mass is 32.1. The van der Waals surface area contributed by atoms with Gasteiger partial charge in [-0.1, -0.05) is 30.3 Å². The van der Waals surface area contributed by atoms with Crippen LogP contribution in [-0.2, 0) is 19.8 Å². The third-order valence-electron chi connectivity index (χ3n) is 4.68. The maximum atomic E-state index is 13.5. The van der Waals surface area contributed by atoms with Crippen molar-refractivity contribution >= 4 is 28.5 Å². The number of aryl methyl sites for hydroxylation is 1. The Morgan fingerprint density at radius 2 is 1.83 bits per heavy atom. The van der Waals surface area contributed by atoms with Crippen LogP contribution in [0.4, 0.5) is 13.2 Å². The molecule has 29 heavy (non-hydrogen) atoms. The van der Waals surface area contributed by atoms with Crippen LogP contribution in [0.5, 0.6) is 5.75 Å². The van der Waals surface area contributed by atoms with E-state index < -0.39 is 11.1 Å². The monoisotopic (exact) mass is 415 g/mol. The lowest BCUT2D eigenvalue weighted by Gasteiger charge is -2.07. The number of rotatable bonds is 5. The summed E-state index contributed by atoms with van der Waals surface area (Å²) in [4.78, 5) is 10.9. The molecule has 0 spiro atoms. The topological polar surface area (TPSA) is 31.2 Å². The van der Waals surface area contributed by atoms with E-state index in [-0.39, 0.29) is 12.2 Å². The Balaban J connectivity index is 1.61. The number of fused-ring (bicyclic) bond motifs is 1. The van der Waals surface area contributed by atoms with E-state index in [4.69, 9.17) is 4.74 Å². The standard InChI is InChI=1S/C22H16F3NO2S/c1-26-16(12-27)9-15-10-17(7-8-20(15)26)28-13-18-11-19(14-5-3-2-4-6-14)21(29-18)22(23,24)25/h2-12H,13H2,1H3. The third kappa shape index (κ3) is 3.78. The highest BCUT2D eigenvalue weighted by Gasteiger charge is 2.36. The molecule has 0 N–H and O–H groups in total. The number of carbonyl (C=O) groups excluding carboxylic acids is 1. The summed E-state index contributed by atoms with van der Waals surface area (Å²) in [6.07, 6.45) is -3.65. The van der Waals surface area contributed by atoms with Gasteiger partial charge in [0.05, 0.1) is 5.69 Å². The Hall–Kier alpha value is -3.06. The molecule has 0 saturated carbocycles. The van der Waals surface area contributed by atoms with Crippen LogP contribution in [0.25, 0.3) is 22.0 Å². The molecule has 148 valence electrons. The molecule has 0 aliphatic heterocycles. The molecule has 4 rings (SSSR count). The van der Waals surface area contributed by atoms with Crippen LogP contribution in [0.15, 0.2) is 60.7 Å². The van der Waals surface area contributed by atoms with Crippen LogP contribution in [-0.4, -0.2) is 10.9 Å². The van der Waals surface area contributed by atoms with Crippen molar-refractivity contribution in [3.05, 3.63) is 76.1 Å². The minimum Gasteiger partial charge on any atom is -0.488 e. The van der Waals surface area contributed by atoms with Crippen LogP contribution in [0.2, 0.25) is 0 Å². The van der Waals surface area contributed by atoms with Gasteiger partial charge in [0.25, 0.3) is 0 Å². The fourth-order valence-electron chi connectivity index (χ4n) is 3.26. The zero-order valence-electron chi connectivity index (χ0n) is 15.4. The van der Waals surface area contributed by atoms with E-state index >= 15 is 0 Å². The van der Waals surface area contributed by atoms with Gasteiger partial charge in [-0.2, -0.15) is 13.2 Å². The van der Waals surface area contributed by atoms with Crippen molar-refractivity contribution in [3.63, 3.8) is 0 Å². The number of alkyl halides is 3. The Kier molecular flexibility index (Phi) is 4.92. The molecule has 0 radical (unpaired) electrons. The molecular formula is C22H16F3NO2S. The fraction of sp³-hybridized carbons (Fsp3) is 0.136. The van der Waals surface area contributed by atoms with Gasteiger partial charge in [-0.15, -0.1) is 11.3 Å². The molecule has 0 fully saturated rings. The largest absolute Gasteiger partial charge is 0.488 e. The van der Waals surface area contributed by atoms with E-state index in [1.807, 2.05) is 6.07 Å². The van der Waals surface area contributed by atoms with Gasteiger partial charge >= 0.3 is 6.18 Å². The van der Waals surface area contributed by atoms with Gasteiger partial charge in [-0.05, 0) is 35.9 Å². The normalized spacial score (nSPS) is 11.7. The number of halogens is 3. The summed E-state index contributed by atoms with van der Waals surface area (Å²) in [7, 11) is 1.79. The summed E-state index contributed by atoms with van der Waals surface area (Å²) in [6, 6.07) is 17.1. The Bertz CT molecular complexity index is 1180. The number of benzene rings is 2. The number of hydrogen-bond donors (Lipinski definition) is 0. The summed E-state index contributed by atoms with van der Waals surface area (Å²) in [6.45, 7) is 0.0272. The van der Waals surface area contributed by atoms with E-state index in [1.165, 1.54) is 6.07 Å². The molecule has 7 heteroatoms. The van der Waals surface area contributed by atoms with Crippen molar-refractivity contribution in [1.82, 2.24) is 4.57 Å². The van der Waals surface area contributed by atoms with Gasteiger partial charge in [0.15, 0.2) is 6.29 Å². The molecular weight excluding hydrogens is 399 g/mol. The summed E-state index contributed by atoms with van der Waals surface area (Å²) < 4.78 is 48.0. The van der Waals surface area contributed by atoms with Gasteiger partial charge in [-0.25, -0.2) is 0 Å². The second-order valence-corrected chi connectivity index (χ2v) is 7.71. The van der Waals surface area contributed by atoms with Crippen molar-refractivity contribution in [2.75, 3.05) is 0 Å². The average molecular weight is 415 g/mol. The highest BCUT2D eigenvalue weighted by molar-refractivity contribution is 7.12. The summed E-state index contributed by atoms with van der Waals surface area (Å²) >= 11 is 0.694. The number of carbonyl (C=O) groups is 1. The quantitative estimate of drug-likeness (QED) is 0.357. The number of ether oxygens (including phenoxy) is 1. The third-order valence-corrected chi connectivity index (χ3v) is 5.83. The van der Waals surface area contributed by atoms with E-state index in [0.717, 1.165) is 17.2 Å². The minimum absolute atomic E-state index is 0.0272. The lowest BCUT2D eigenvalue weighted by atomic mass is 10.1. The molecule has 0 aliphatic rings. The van der Waals surface area contributed by atoms with Gasteiger partial charge < -0.3 is 9.30 Å². The molecule has 2 heterocycles. The van der Waals surface area contributed by atoms with Crippen molar-refractivity contribution in [1.29, 1.82) is 0 Å². The molecule has 0 bridgehead atoms. The Morgan fingerprint density at radius 1 is 1.07 bits per heavy atom. The van der Waals surface area contributed by atoms with Crippen molar-refractivity contribution in [3.8, 4) is 16.9 Å². The second-order valence-electron chi connectivity index (χ2n) is 6.57. The van der Waals surface area contributed by atoms with Crippen molar-refractivity contribution in [2.24, 2.45) is 7.05 Å². The lowest BCUT2D eigenvalue weighted by molar-refractivity contribution is -0.133. The molecule has 3 nitrogen and oxygen atoms in total. The van der Waals surface area contributed by atoms with Crippen molar-refractivity contribution < 1.29 is 22.7 Å². The SMILES string of the molecule is Cn1c(C=O)cc2cc(OCc3cc(-c4ccccc4)c(C(F)(F)F)s3)ccc21. The fourth-order valence-corrected chi connectivity index (χ4v) is 4.22. The predicted octanol–water partition coefficient (Wildman–Crippen LogP) is 6.32. The average Bonchev–Trinajstić information content (AvgIpc) is 3.28. The van der Waals surface area contributed by atoms with Crippen LogP contribution < -0.4 is 4.74 Å². The number of thiophene rings is 1. The van der Waals surface area contributed by atoms with E-state index in [2.05, 4.69) is 0 Å². The maximum absolute atomic E-state index is 13.5. The molecule has 4 aromatic rings. The van der Waals surface area contributed by atoms with Crippen LogP contribution in [0.3, 0.4) is 0 Å². The first-order valence-electron chi connectivity index (χ1n) is 8.79. The molecule has 0 unspecified atom stereocenters. The molecule has 0 atom stereocenters. The van der Waals surface area contributed by atoms with Gasteiger partial charge in [0.1, 0.15) is 17.2 Å². The zero-order valence-corrected chi connectivity index (χ0v) is 16.2. The van der Waals surface area contributed by atoms with E-state index in [9.17, 15) is 18.0 Å². The summed E-state index contributed by atoms with van der Waals surface area (Å²) in [5.74, 6) is 0.531. The molecule has 0 saturated heterocycles. The van der Waals surface area contributed by atoms with E-state index in [1.54, 1.807) is 60.1 Å². The van der Waals surface area contributed by atoms with Crippen LogP contribution in [0.1, 0.15) is 20.2 Å². The predicted molar refractivity (Wildman–Crippen MR) is 107 cm³/mol. The van der Waals surface area contributed by atoms with Gasteiger partial charge in [0, 0.05) is 28.4 Å². The second kappa shape index (κ2) is 7.40. The van der Waals surface area contributed by atoms with Crippen LogP contribution >= 0.6 is 11.3 Å². The Labute approximate surface area is 169 Å². The number of hydrogen-bond acceptors (Lipinski definition) is 3. The van der Waals surface area contributed by atoms with Crippen molar-refractivity contribution in [2.45, 2.75) is 12.8 Å². The first-order valence-corrected chi connectivity index (χ1v) is 9.61. The van der Waals surface area contributed by atoms with Gasteiger partial charge in [0.2, 0.25) is 0 Å². The molecule has 0 aliphatic carbocycles. The molecule has 2 aromatic carbocycles. The maximum Gasteiger partial charge on any atom is 0.426 e. The summed E-state index contributed by atoms with van der Waals surface area (Å²) in [5.41, 5.74) is 2.10. The number of aromatic nitrogens is 1. The van der Waals surface area contributed by atoms with Gasteiger partial charge in [-0.3, -0.25) is 4.79 Å². The van der Waals surface area contributed by atoms with E-state index in [0.29, 0.717) is 33.2 Å². The minimum atomic E-state index is -4.43. The number of aldehydes is 1. The lowest BCUT2D eigenvalue weighted by Crippen LogP contribution is -2.03. The molecule has 2 aromatic heterocycles. The smallest absolute Gasteiger partial charge is 0.426 e. The first kappa shape index (κ1) is 19.3. The Morgan fingerprint density at radius 3 is 2.52 bits per heavy atom. The number of nitrogens with zero attached hydrogens (tertiary/aromatic N) is 1. The van der Waals surface area contributed by atoms with Crippen LogP contribution in [0, 0.1) is 0 Å². The first-order chi connectivity index (χ1) is 13.9. The summed E-state index contributed by atoms with van der Waals surface area (Å²) in [5, 5.41) is 0.833. The highest BCUT2D eigenvalue weighted by Crippen LogP contribution is 2.43. The zero-order chi connectivity index (χ0) is 20.6. The molecule has 0 amide bonds.